The predicted octanol–water partition coefficient (Wildman–Crippen LogP) is 3.80. The lowest BCUT2D eigenvalue weighted by molar-refractivity contribution is -0.140. The largest absolute Gasteiger partial charge is 0.416 e. The fraction of sp³-hybridized carbons (Fsp3) is 0.417. The summed E-state index contributed by atoms with van der Waals surface area (Å²) in [5, 5.41) is 2.76. The van der Waals surface area contributed by atoms with E-state index in [0.717, 1.165) is 18.4 Å². The molecule has 0 radical (unpaired) electrons. The van der Waals surface area contributed by atoms with Crippen molar-refractivity contribution in [1.82, 2.24) is 10.2 Å². The number of carbonyl (C=O) groups excluding carboxylic acids is 2. The molecule has 192 valence electrons. The predicted molar refractivity (Wildman–Crippen MR) is 128 cm³/mol. The number of carbonyl (C=O) groups is 2. The van der Waals surface area contributed by atoms with Crippen LogP contribution in [0.25, 0.3) is 0 Å². The van der Waals surface area contributed by atoms with E-state index in [1.807, 2.05) is 0 Å². The van der Waals surface area contributed by atoms with Crippen LogP contribution in [0, 0.1) is 0 Å². The zero-order valence-electron chi connectivity index (χ0n) is 20.0. The maximum atomic E-state index is 13.5. The molecule has 35 heavy (non-hydrogen) atoms. The average Bonchev–Trinajstić information content (AvgIpc) is 2.76. The Morgan fingerprint density at radius 2 is 1.66 bits per heavy atom. The van der Waals surface area contributed by atoms with Gasteiger partial charge in [-0.05, 0) is 44.0 Å². The highest BCUT2D eigenvalue weighted by atomic mass is 32.2. The van der Waals surface area contributed by atoms with E-state index >= 15 is 0 Å². The number of nitrogens with zero attached hydrogens (tertiary/aromatic N) is 2. The Balaban J connectivity index is 2.47. The van der Waals surface area contributed by atoms with Gasteiger partial charge in [-0.1, -0.05) is 43.3 Å². The summed E-state index contributed by atoms with van der Waals surface area (Å²) in [6.45, 7) is 4.51. The van der Waals surface area contributed by atoms with Crippen LogP contribution in [0.3, 0.4) is 0 Å². The smallest absolute Gasteiger partial charge is 0.352 e. The molecule has 1 atom stereocenters. The second kappa shape index (κ2) is 11.6. The van der Waals surface area contributed by atoms with E-state index in [0.29, 0.717) is 15.9 Å². The van der Waals surface area contributed by atoms with Crippen LogP contribution in [0.4, 0.5) is 18.9 Å². The fourth-order valence-corrected chi connectivity index (χ4v) is 4.37. The lowest BCUT2D eigenvalue weighted by Crippen LogP contribution is -2.53. The second-order valence-electron chi connectivity index (χ2n) is 8.41. The third-order valence-electron chi connectivity index (χ3n) is 5.15. The summed E-state index contributed by atoms with van der Waals surface area (Å²) in [4.78, 5) is 27.6. The van der Waals surface area contributed by atoms with E-state index in [1.165, 1.54) is 11.0 Å². The number of sulfonamides is 1. The molecule has 0 aliphatic heterocycles. The SMILES string of the molecule is CC[C@@H](C(=O)NC(C)C)N(Cc1ccccc1)C(=O)CN(c1cccc(C(F)(F)F)c1)S(C)(=O)=O. The Bertz CT molecular complexity index is 1120. The van der Waals surface area contributed by atoms with E-state index < -0.39 is 46.2 Å². The zero-order chi connectivity index (χ0) is 26.4. The molecule has 1 N–H and O–H groups in total. The highest BCUT2D eigenvalue weighted by molar-refractivity contribution is 7.92. The van der Waals surface area contributed by atoms with Gasteiger partial charge in [0.25, 0.3) is 0 Å². The number of hydrogen-bond acceptors (Lipinski definition) is 4. The van der Waals surface area contributed by atoms with Crippen molar-refractivity contribution in [3.8, 4) is 0 Å². The molecule has 0 heterocycles. The normalized spacial score (nSPS) is 12.8. The Labute approximate surface area is 204 Å². The van der Waals surface area contributed by atoms with Gasteiger partial charge in [-0.2, -0.15) is 13.2 Å². The summed E-state index contributed by atoms with van der Waals surface area (Å²) >= 11 is 0. The molecular weight excluding hydrogens is 483 g/mol. The van der Waals surface area contributed by atoms with Crippen molar-refractivity contribution in [2.24, 2.45) is 0 Å². The van der Waals surface area contributed by atoms with Crippen LogP contribution in [0.15, 0.2) is 54.6 Å². The molecule has 0 saturated carbocycles. The summed E-state index contributed by atoms with van der Waals surface area (Å²) in [5.74, 6) is -1.13. The summed E-state index contributed by atoms with van der Waals surface area (Å²) in [7, 11) is -4.14. The van der Waals surface area contributed by atoms with Crippen molar-refractivity contribution in [2.45, 2.75) is 52.0 Å². The Morgan fingerprint density at radius 3 is 2.17 bits per heavy atom. The monoisotopic (exact) mass is 513 g/mol. The molecule has 0 bridgehead atoms. The van der Waals surface area contributed by atoms with Crippen molar-refractivity contribution in [3.05, 3.63) is 65.7 Å². The second-order valence-corrected chi connectivity index (χ2v) is 10.3. The van der Waals surface area contributed by atoms with Gasteiger partial charge in [-0.15, -0.1) is 0 Å². The molecule has 0 aliphatic rings. The van der Waals surface area contributed by atoms with Gasteiger partial charge >= 0.3 is 6.18 Å². The van der Waals surface area contributed by atoms with E-state index in [9.17, 15) is 31.2 Å². The summed E-state index contributed by atoms with van der Waals surface area (Å²) in [5.41, 5.74) is -0.628. The number of alkyl halides is 3. The van der Waals surface area contributed by atoms with Gasteiger partial charge in [0.2, 0.25) is 21.8 Å². The minimum atomic E-state index is -4.69. The van der Waals surface area contributed by atoms with Gasteiger partial charge in [0.15, 0.2) is 0 Å². The molecule has 2 rings (SSSR count). The molecule has 0 aliphatic carbocycles. The fourth-order valence-electron chi connectivity index (χ4n) is 3.53. The summed E-state index contributed by atoms with van der Waals surface area (Å²) in [6, 6.07) is 11.5. The van der Waals surface area contributed by atoms with Crippen LogP contribution in [-0.4, -0.2) is 50.0 Å². The van der Waals surface area contributed by atoms with Crippen LogP contribution in [0.1, 0.15) is 38.3 Å². The van der Waals surface area contributed by atoms with Gasteiger partial charge in [0.05, 0.1) is 17.5 Å². The number of nitrogens with one attached hydrogen (secondary N) is 1. The van der Waals surface area contributed by atoms with E-state index in [4.69, 9.17) is 0 Å². The third kappa shape index (κ3) is 7.98. The Hall–Kier alpha value is -3.08. The maximum Gasteiger partial charge on any atom is 0.416 e. The van der Waals surface area contributed by atoms with E-state index in [2.05, 4.69) is 5.32 Å². The van der Waals surface area contributed by atoms with Crippen molar-refractivity contribution in [1.29, 1.82) is 0 Å². The van der Waals surface area contributed by atoms with Crippen molar-refractivity contribution in [2.75, 3.05) is 17.1 Å². The van der Waals surface area contributed by atoms with Crippen LogP contribution < -0.4 is 9.62 Å². The molecule has 2 amide bonds. The van der Waals surface area contributed by atoms with Crippen LogP contribution in [0.2, 0.25) is 0 Å². The molecule has 11 heteroatoms. The summed E-state index contributed by atoms with van der Waals surface area (Å²) in [6.07, 6.45) is -3.63. The number of hydrogen-bond donors (Lipinski definition) is 1. The first-order chi connectivity index (χ1) is 16.2. The number of halogens is 3. The summed E-state index contributed by atoms with van der Waals surface area (Å²) < 4.78 is 65.3. The molecule has 2 aromatic rings. The minimum absolute atomic E-state index is 0.0177. The molecule has 0 saturated heterocycles. The van der Waals surface area contributed by atoms with E-state index in [1.54, 1.807) is 51.1 Å². The van der Waals surface area contributed by atoms with Crippen LogP contribution in [0.5, 0.6) is 0 Å². The van der Waals surface area contributed by atoms with Gasteiger partial charge in [-0.25, -0.2) is 8.42 Å². The first kappa shape index (κ1) is 28.2. The van der Waals surface area contributed by atoms with Gasteiger partial charge < -0.3 is 10.2 Å². The molecular formula is C24H30F3N3O4S. The minimum Gasteiger partial charge on any atom is -0.352 e. The van der Waals surface area contributed by atoms with Crippen LogP contribution >= 0.6 is 0 Å². The molecule has 0 unspecified atom stereocenters. The van der Waals surface area contributed by atoms with Crippen molar-refractivity contribution in [3.63, 3.8) is 0 Å². The molecule has 0 spiro atoms. The number of amides is 2. The standard InChI is InChI=1S/C24H30F3N3O4S/c1-5-21(23(32)28-17(2)3)29(15-18-10-7-6-8-11-18)22(31)16-30(35(4,33)34)20-13-9-12-19(14-20)24(25,26)27/h6-14,17,21H,5,15-16H2,1-4H3,(H,28,32)/t21-/m0/s1. The highest BCUT2D eigenvalue weighted by Gasteiger charge is 2.34. The van der Waals surface area contributed by atoms with E-state index in [-0.39, 0.29) is 24.7 Å². The molecule has 7 nitrogen and oxygen atoms in total. The lowest BCUT2D eigenvalue weighted by Gasteiger charge is -2.33. The van der Waals surface area contributed by atoms with Gasteiger partial charge in [-0.3, -0.25) is 13.9 Å². The highest BCUT2D eigenvalue weighted by Crippen LogP contribution is 2.32. The third-order valence-corrected chi connectivity index (χ3v) is 6.29. The number of rotatable bonds is 10. The van der Waals surface area contributed by atoms with Gasteiger partial charge in [0, 0.05) is 12.6 Å². The van der Waals surface area contributed by atoms with Gasteiger partial charge in [0.1, 0.15) is 12.6 Å². The maximum absolute atomic E-state index is 13.5. The van der Waals surface area contributed by atoms with Crippen LogP contribution in [-0.2, 0) is 32.3 Å². The van der Waals surface area contributed by atoms with Crippen molar-refractivity contribution < 1.29 is 31.2 Å². The quantitative estimate of drug-likeness (QED) is 0.524. The molecule has 0 aromatic heterocycles. The Morgan fingerprint density at radius 1 is 1.03 bits per heavy atom. The number of anilines is 1. The lowest BCUT2D eigenvalue weighted by atomic mass is 10.1. The average molecular weight is 514 g/mol. The molecule has 2 aromatic carbocycles. The first-order valence-corrected chi connectivity index (χ1v) is 12.9. The zero-order valence-corrected chi connectivity index (χ0v) is 20.9. The first-order valence-electron chi connectivity index (χ1n) is 11.0. The Kier molecular flexibility index (Phi) is 9.31. The molecule has 0 fully saturated rings. The number of benzene rings is 2. The van der Waals surface area contributed by atoms with Crippen molar-refractivity contribution >= 4 is 27.5 Å². The topological polar surface area (TPSA) is 86.8 Å².